The minimum Gasteiger partial charge on any atom is -0.381 e. The molecule has 6 nitrogen and oxygen atoms in total. The highest BCUT2D eigenvalue weighted by Gasteiger charge is 2.20. The van der Waals surface area contributed by atoms with E-state index in [0.29, 0.717) is 5.96 Å². The minimum absolute atomic E-state index is 0. The summed E-state index contributed by atoms with van der Waals surface area (Å²) in [6, 6.07) is 0. The third kappa shape index (κ3) is 10.8. The number of halogens is 1. The van der Waals surface area contributed by atoms with E-state index >= 15 is 0 Å². The van der Waals surface area contributed by atoms with Gasteiger partial charge in [0.1, 0.15) is 6.54 Å². The smallest absolute Gasteiger partial charge is 0.243 e. The van der Waals surface area contributed by atoms with E-state index in [2.05, 4.69) is 15.6 Å². The number of nitrogens with one attached hydrogen (secondary N) is 2. The third-order valence-electron chi connectivity index (χ3n) is 3.02. The number of rotatable bonds is 9. The maximum atomic E-state index is 11.5. The van der Waals surface area contributed by atoms with Crippen molar-refractivity contribution >= 4 is 35.8 Å². The van der Waals surface area contributed by atoms with Gasteiger partial charge < -0.3 is 20.3 Å². The van der Waals surface area contributed by atoms with Crippen LogP contribution in [-0.4, -0.2) is 63.7 Å². The highest BCUT2D eigenvalue weighted by Crippen LogP contribution is 2.28. The summed E-state index contributed by atoms with van der Waals surface area (Å²) in [6.07, 6.45) is 3.60. The van der Waals surface area contributed by atoms with Crippen LogP contribution in [0.3, 0.4) is 0 Å². The molecule has 124 valence electrons. The van der Waals surface area contributed by atoms with Gasteiger partial charge in [0.25, 0.3) is 0 Å². The lowest BCUT2D eigenvalue weighted by molar-refractivity contribution is -0.127. The van der Waals surface area contributed by atoms with Crippen molar-refractivity contribution in [3.63, 3.8) is 0 Å². The second kappa shape index (κ2) is 12.0. The Morgan fingerprint density at radius 1 is 1.33 bits per heavy atom. The molecule has 1 amide bonds. The molecule has 0 radical (unpaired) electrons. The molecule has 1 rings (SSSR count). The molecule has 7 heteroatoms. The Labute approximate surface area is 145 Å². The lowest BCUT2D eigenvalue weighted by Gasteiger charge is -2.12. The van der Waals surface area contributed by atoms with Crippen LogP contribution in [0.4, 0.5) is 0 Å². The van der Waals surface area contributed by atoms with Gasteiger partial charge >= 0.3 is 0 Å². The molecule has 1 saturated carbocycles. The first-order valence-corrected chi connectivity index (χ1v) is 7.43. The van der Waals surface area contributed by atoms with Crippen LogP contribution in [0.1, 0.15) is 26.2 Å². The molecule has 1 aliphatic carbocycles. The maximum absolute atomic E-state index is 11.5. The normalized spacial score (nSPS) is 14.3. The third-order valence-corrected chi connectivity index (χ3v) is 3.02. The average Bonchev–Trinajstić information content (AvgIpc) is 3.23. The zero-order valence-corrected chi connectivity index (χ0v) is 15.7. The number of hydrogen-bond donors (Lipinski definition) is 2. The molecule has 0 aliphatic heterocycles. The summed E-state index contributed by atoms with van der Waals surface area (Å²) >= 11 is 0. The maximum Gasteiger partial charge on any atom is 0.243 e. The van der Waals surface area contributed by atoms with Crippen molar-refractivity contribution in [1.29, 1.82) is 0 Å². The number of likely N-dealkylation sites (N-methyl/N-ethyl adjacent to an activating group) is 1. The van der Waals surface area contributed by atoms with Gasteiger partial charge in [0.2, 0.25) is 5.91 Å². The molecule has 0 unspecified atom stereocenters. The first-order valence-electron chi connectivity index (χ1n) is 7.43. The number of carbonyl (C=O) groups is 1. The van der Waals surface area contributed by atoms with Crippen LogP contribution in [0.5, 0.6) is 0 Å². The molecule has 0 heterocycles. The zero-order chi connectivity index (χ0) is 14.8. The van der Waals surface area contributed by atoms with Crippen LogP contribution in [-0.2, 0) is 9.53 Å². The fourth-order valence-corrected chi connectivity index (χ4v) is 1.55. The Morgan fingerprint density at radius 3 is 2.62 bits per heavy atom. The minimum atomic E-state index is -0.00466. The Balaban J connectivity index is 0.00000400. The molecule has 0 spiro atoms. The van der Waals surface area contributed by atoms with Gasteiger partial charge in [-0.25, -0.2) is 4.99 Å². The molecular weight excluding hydrogens is 383 g/mol. The number of ether oxygens (including phenoxy) is 1. The Hall–Kier alpha value is -0.570. The van der Waals surface area contributed by atoms with Crippen molar-refractivity contribution in [2.24, 2.45) is 10.9 Å². The van der Waals surface area contributed by atoms with Crippen LogP contribution in [0.2, 0.25) is 0 Å². The molecule has 0 aromatic carbocycles. The number of guanidine groups is 1. The van der Waals surface area contributed by atoms with Gasteiger partial charge in [0.15, 0.2) is 5.96 Å². The van der Waals surface area contributed by atoms with Gasteiger partial charge in [-0.3, -0.25) is 4.79 Å². The molecule has 0 saturated heterocycles. The molecule has 0 atom stereocenters. The summed E-state index contributed by atoms with van der Waals surface area (Å²) < 4.78 is 5.57. The van der Waals surface area contributed by atoms with Gasteiger partial charge in [0.05, 0.1) is 0 Å². The highest BCUT2D eigenvalue weighted by atomic mass is 127. The second-order valence-corrected chi connectivity index (χ2v) is 5.28. The van der Waals surface area contributed by atoms with E-state index in [4.69, 9.17) is 4.74 Å². The van der Waals surface area contributed by atoms with Crippen molar-refractivity contribution in [2.75, 3.05) is 46.9 Å². The second-order valence-electron chi connectivity index (χ2n) is 5.28. The summed E-state index contributed by atoms with van der Waals surface area (Å²) in [5, 5.41) is 6.33. The van der Waals surface area contributed by atoms with Crippen LogP contribution in [0, 0.1) is 5.92 Å². The summed E-state index contributed by atoms with van der Waals surface area (Å²) in [5.41, 5.74) is 0. The van der Waals surface area contributed by atoms with Crippen molar-refractivity contribution in [3.8, 4) is 0 Å². The Kier molecular flexibility index (Phi) is 11.7. The standard InChI is InChI=1S/C14H28N4O2.HI/c1-4-15-14(17-10-13(19)18(2)3)16-8-5-9-20-11-12-6-7-12;/h12H,4-11H2,1-3H3,(H2,15,16,17);1H. The fourth-order valence-electron chi connectivity index (χ4n) is 1.55. The lowest BCUT2D eigenvalue weighted by Crippen LogP contribution is -2.39. The van der Waals surface area contributed by atoms with Crippen molar-refractivity contribution in [1.82, 2.24) is 15.5 Å². The molecular formula is C14H29IN4O2. The summed E-state index contributed by atoms with van der Waals surface area (Å²) in [7, 11) is 3.46. The van der Waals surface area contributed by atoms with E-state index in [0.717, 1.165) is 38.6 Å². The number of nitrogens with zero attached hydrogens (tertiary/aromatic N) is 2. The molecule has 0 bridgehead atoms. The van der Waals surface area contributed by atoms with Gasteiger partial charge in [-0.2, -0.15) is 0 Å². The van der Waals surface area contributed by atoms with E-state index in [-0.39, 0.29) is 36.4 Å². The lowest BCUT2D eigenvalue weighted by atomic mass is 10.4. The first-order chi connectivity index (χ1) is 9.63. The summed E-state index contributed by atoms with van der Waals surface area (Å²) in [6.45, 7) is 5.43. The summed E-state index contributed by atoms with van der Waals surface area (Å²) in [4.78, 5) is 17.3. The predicted molar refractivity (Wildman–Crippen MR) is 96.3 cm³/mol. The van der Waals surface area contributed by atoms with Crippen LogP contribution < -0.4 is 10.6 Å². The van der Waals surface area contributed by atoms with Crippen molar-refractivity contribution in [2.45, 2.75) is 26.2 Å². The molecule has 1 fully saturated rings. The summed E-state index contributed by atoms with van der Waals surface area (Å²) in [5.74, 6) is 1.50. The number of hydrogen-bond acceptors (Lipinski definition) is 3. The van der Waals surface area contributed by atoms with Gasteiger partial charge in [-0.15, -0.1) is 24.0 Å². The van der Waals surface area contributed by atoms with Crippen LogP contribution in [0.15, 0.2) is 4.99 Å². The molecule has 2 N–H and O–H groups in total. The number of aliphatic imine (C=N–C) groups is 1. The van der Waals surface area contributed by atoms with Gasteiger partial charge in [0, 0.05) is 40.4 Å². The van der Waals surface area contributed by atoms with E-state index in [1.807, 2.05) is 6.92 Å². The first kappa shape index (κ1) is 20.4. The van der Waals surface area contributed by atoms with Crippen LogP contribution in [0.25, 0.3) is 0 Å². The van der Waals surface area contributed by atoms with E-state index < -0.39 is 0 Å². The monoisotopic (exact) mass is 412 g/mol. The van der Waals surface area contributed by atoms with E-state index in [1.54, 1.807) is 19.0 Å². The largest absolute Gasteiger partial charge is 0.381 e. The number of amides is 1. The van der Waals surface area contributed by atoms with Crippen molar-refractivity contribution < 1.29 is 9.53 Å². The average molecular weight is 412 g/mol. The SMILES string of the molecule is CCNC(=NCC(=O)N(C)C)NCCCOCC1CC1.I. The van der Waals surface area contributed by atoms with Crippen LogP contribution >= 0.6 is 24.0 Å². The molecule has 0 aromatic rings. The van der Waals surface area contributed by atoms with Gasteiger partial charge in [-0.1, -0.05) is 0 Å². The highest BCUT2D eigenvalue weighted by molar-refractivity contribution is 14.0. The van der Waals surface area contributed by atoms with E-state index in [1.165, 1.54) is 12.8 Å². The predicted octanol–water partition coefficient (Wildman–Crippen LogP) is 1.06. The van der Waals surface area contributed by atoms with Crippen molar-refractivity contribution in [3.05, 3.63) is 0 Å². The number of carbonyl (C=O) groups excluding carboxylic acids is 1. The topological polar surface area (TPSA) is 66.0 Å². The Morgan fingerprint density at radius 2 is 2.05 bits per heavy atom. The quantitative estimate of drug-likeness (QED) is 0.257. The molecule has 1 aliphatic rings. The zero-order valence-electron chi connectivity index (χ0n) is 13.4. The Bertz CT molecular complexity index is 320. The van der Waals surface area contributed by atoms with E-state index in [9.17, 15) is 4.79 Å². The molecule has 21 heavy (non-hydrogen) atoms. The fraction of sp³-hybridized carbons (Fsp3) is 0.857. The molecule has 0 aromatic heterocycles. The van der Waals surface area contributed by atoms with Gasteiger partial charge in [-0.05, 0) is 32.1 Å².